The number of thioether (sulfide) groups is 1. The number of hydrogen-bond acceptors (Lipinski definition) is 4. The normalized spacial score (nSPS) is 18.0. The van der Waals surface area contributed by atoms with E-state index in [1.807, 2.05) is 6.07 Å². The zero-order valence-electron chi connectivity index (χ0n) is 15.5. The number of halogens is 1. The molecule has 2 aromatic rings. The molecule has 3 rings (SSSR count). The van der Waals surface area contributed by atoms with Gasteiger partial charge in [-0.1, -0.05) is 30.3 Å². The summed E-state index contributed by atoms with van der Waals surface area (Å²) in [5, 5.41) is 5.62. The van der Waals surface area contributed by atoms with Crippen LogP contribution in [0.1, 0.15) is 51.5 Å². The van der Waals surface area contributed by atoms with Crippen molar-refractivity contribution < 1.29 is 4.74 Å². The van der Waals surface area contributed by atoms with Crippen molar-refractivity contribution in [3.63, 3.8) is 0 Å². The van der Waals surface area contributed by atoms with Gasteiger partial charge in [-0.3, -0.25) is 0 Å². The van der Waals surface area contributed by atoms with Gasteiger partial charge in [0.05, 0.1) is 16.6 Å². The molecule has 0 aliphatic carbocycles. The van der Waals surface area contributed by atoms with Gasteiger partial charge in [0.2, 0.25) is 0 Å². The zero-order chi connectivity index (χ0) is 18.0. The number of benzene rings is 1. The van der Waals surface area contributed by atoms with Gasteiger partial charge in [-0.15, -0.1) is 0 Å². The molecule has 1 aromatic carbocycles. The summed E-state index contributed by atoms with van der Waals surface area (Å²) in [7, 11) is 1.77. The van der Waals surface area contributed by atoms with Gasteiger partial charge in [0.25, 0.3) is 0 Å². The minimum atomic E-state index is -0.121. The number of hydrogen-bond donors (Lipinski definition) is 2. The molecule has 1 saturated heterocycles. The number of fused-ring (bicyclic) bond motifs is 1. The fourth-order valence-corrected chi connectivity index (χ4v) is 5.03. The van der Waals surface area contributed by atoms with Crippen LogP contribution in [0, 0.1) is 0 Å². The van der Waals surface area contributed by atoms with Crippen LogP contribution in [-0.2, 0) is 4.74 Å². The highest BCUT2D eigenvalue weighted by molar-refractivity contribution is 7.99. The molecule has 25 heavy (non-hydrogen) atoms. The number of nitrogens with zero attached hydrogens (tertiary/aromatic N) is 1. The molecule has 0 radical (unpaired) electrons. The van der Waals surface area contributed by atoms with Gasteiger partial charge in [0.1, 0.15) is 0 Å². The van der Waals surface area contributed by atoms with Gasteiger partial charge in [0, 0.05) is 17.4 Å². The van der Waals surface area contributed by atoms with Crippen LogP contribution in [0.4, 0.5) is 0 Å². The van der Waals surface area contributed by atoms with E-state index in [-0.39, 0.29) is 5.60 Å². The molecule has 2 N–H and O–H groups in total. The number of ether oxygens (including phenoxy) is 1. The number of piperidine rings is 1. The van der Waals surface area contributed by atoms with Crippen molar-refractivity contribution in [2.45, 2.75) is 62.0 Å². The maximum Gasteiger partial charge on any atom is 0.166 e. The third-order valence-electron chi connectivity index (χ3n) is 5.00. The van der Waals surface area contributed by atoms with Gasteiger partial charge in [-0.05, 0) is 69.8 Å². The van der Waals surface area contributed by atoms with Gasteiger partial charge in [-0.25, -0.2) is 4.98 Å². The highest BCUT2D eigenvalue weighted by atomic mass is 35.5. The zero-order valence-corrected chi connectivity index (χ0v) is 17.1. The molecule has 2 heterocycles. The average Bonchev–Trinajstić information content (AvgIpc) is 2.95. The van der Waals surface area contributed by atoms with E-state index < -0.39 is 0 Å². The van der Waals surface area contributed by atoms with Crippen molar-refractivity contribution in [2.75, 3.05) is 20.2 Å². The molecule has 1 unspecified atom stereocenters. The highest BCUT2D eigenvalue weighted by Gasteiger charge is 2.22. The predicted molar refractivity (Wildman–Crippen MR) is 107 cm³/mol. The van der Waals surface area contributed by atoms with Crippen LogP contribution in [-0.4, -0.2) is 41.0 Å². The molecule has 0 spiro atoms. The van der Waals surface area contributed by atoms with Crippen LogP contribution < -0.4 is 5.32 Å². The van der Waals surface area contributed by atoms with E-state index in [4.69, 9.17) is 21.3 Å². The Morgan fingerprint density at radius 3 is 2.76 bits per heavy atom. The summed E-state index contributed by atoms with van der Waals surface area (Å²) in [6.45, 7) is 8.58. The Labute approximate surface area is 159 Å². The van der Waals surface area contributed by atoms with E-state index in [0.29, 0.717) is 11.2 Å². The van der Waals surface area contributed by atoms with Gasteiger partial charge < -0.3 is 15.0 Å². The summed E-state index contributed by atoms with van der Waals surface area (Å²) in [6.07, 6.45) is 3.25. The van der Waals surface area contributed by atoms with E-state index in [2.05, 4.69) is 37.1 Å². The van der Waals surface area contributed by atoms with Gasteiger partial charge in [0.15, 0.2) is 5.16 Å². The molecule has 1 atom stereocenters. The third kappa shape index (κ3) is 4.70. The van der Waals surface area contributed by atoms with Crippen LogP contribution >= 0.6 is 23.4 Å². The molecular weight excluding hydrogens is 354 g/mol. The van der Waals surface area contributed by atoms with Crippen molar-refractivity contribution in [3.8, 4) is 0 Å². The monoisotopic (exact) mass is 381 g/mol. The SMILES string of the molecule is COC(C)(C)CC(C)Sc1nc2cc(Cl)c(C3CCNCC3)cc2[nH]1. The van der Waals surface area contributed by atoms with E-state index in [9.17, 15) is 0 Å². The Balaban J connectivity index is 1.78. The Bertz CT molecular complexity index is 725. The van der Waals surface area contributed by atoms with Crippen LogP contribution in [0.15, 0.2) is 17.3 Å². The van der Waals surface area contributed by atoms with Crippen molar-refractivity contribution in [1.29, 1.82) is 0 Å². The molecule has 6 heteroatoms. The fourth-order valence-electron chi connectivity index (χ4n) is 3.53. The van der Waals surface area contributed by atoms with Gasteiger partial charge >= 0.3 is 0 Å². The van der Waals surface area contributed by atoms with E-state index in [1.54, 1.807) is 18.9 Å². The second-order valence-corrected chi connectivity index (χ2v) is 9.39. The Kier molecular flexibility index (Phi) is 5.99. The summed E-state index contributed by atoms with van der Waals surface area (Å²) in [5.41, 5.74) is 3.16. The first-order chi connectivity index (χ1) is 11.9. The molecule has 0 amide bonds. The quantitative estimate of drug-likeness (QED) is 0.693. The maximum absolute atomic E-state index is 6.56. The molecular formula is C19H28ClN3OS. The van der Waals surface area contributed by atoms with Crippen LogP contribution in [0.3, 0.4) is 0 Å². The minimum Gasteiger partial charge on any atom is -0.379 e. The lowest BCUT2D eigenvalue weighted by Crippen LogP contribution is -2.26. The van der Waals surface area contributed by atoms with Crippen LogP contribution in [0.25, 0.3) is 11.0 Å². The number of aromatic nitrogens is 2. The second kappa shape index (κ2) is 7.87. The second-order valence-electron chi connectivity index (χ2n) is 7.55. The lowest BCUT2D eigenvalue weighted by Gasteiger charge is -2.25. The van der Waals surface area contributed by atoms with Crippen molar-refractivity contribution in [1.82, 2.24) is 15.3 Å². The van der Waals surface area contributed by atoms with Crippen molar-refractivity contribution in [2.24, 2.45) is 0 Å². The van der Waals surface area contributed by atoms with E-state index >= 15 is 0 Å². The molecule has 1 aromatic heterocycles. The van der Waals surface area contributed by atoms with Crippen LogP contribution in [0.2, 0.25) is 5.02 Å². The van der Waals surface area contributed by atoms with Crippen LogP contribution in [0.5, 0.6) is 0 Å². The first kappa shape index (κ1) is 19.0. The molecule has 1 fully saturated rings. The van der Waals surface area contributed by atoms with Crippen molar-refractivity contribution >= 4 is 34.4 Å². The number of methoxy groups -OCH3 is 1. The number of aromatic amines is 1. The number of nitrogens with one attached hydrogen (secondary N) is 2. The Morgan fingerprint density at radius 1 is 1.36 bits per heavy atom. The molecule has 4 nitrogen and oxygen atoms in total. The summed E-state index contributed by atoms with van der Waals surface area (Å²) in [4.78, 5) is 8.20. The molecule has 1 aliphatic heterocycles. The number of imidazole rings is 1. The lowest BCUT2D eigenvalue weighted by molar-refractivity contribution is 0.0162. The summed E-state index contributed by atoms with van der Waals surface area (Å²) in [5.74, 6) is 0.541. The number of H-pyrrole nitrogens is 1. The highest BCUT2D eigenvalue weighted by Crippen LogP contribution is 2.35. The topological polar surface area (TPSA) is 49.9 Å². The Hall–Kier alpha value is -0.750. The summed E-state index contributed by atoms with van der Waals surface area (Å²) < 4.78 is 5.54. The molecule has 0 bridgehead atoms. The summed E-state index contributed by atoms with van der Waals surface area (Å²) >= 11 is 8.32. The first-order valence-corrected chi connectivity index (χ1v) is 10.3. The standard InChI is InChI=1S/C19H28ClN3OS/c1-12(11-19(2,3)24-4)25-18-22-16-9-14(13-5-7-21-8-6-13)15(20)10-17(16)23-18/h9-10,12-13,21H,5-8,11H2,1-4H3,(H,22,23). The first-order valence-electron chi connectivity index (χ1n) is 8.99. The number of rotatable bonds is 6. The van der Waals surface area contributed by atoms with Crippen molar-refractivity contribution in [3.05, 3.63) is 22.7 Å². The maximum atomic E-state index is 6.56. The Morgan fingerprint density at radius 2 is 2.08 bits per heavy atom. The largest absolute Gasteiger partial charge is 0.379 e. The fraction of sp³-hybridized carbons (Fsp3) is 0.632. The molecule has 138 valence electrons. The summed E-state index contributed by atoms with van der Waals surface area (Å²) in [6, 6.07) is 4.22. The smallest absolute Gasteiger partial charge is 0.166 e. The van der Waals surface area contributed by atoms with E-state index in [0.717, 1.165) is 53.6 Å². The van der Waals surface area contributed by atoms with Gasteiger partial charge in [-0.2, -0.15) is 0 Å². The van der Waals surface area contributed by atoms with E-state index in [1.165, 1.54) is 5.56 Å². The molecule has 1 aliphatic rings. The minimum absolute atomic E-state index is 0.121. The third-order valence-corrected chi connectivity index (χ3v) is 6.31. The lowest BCUT2D eigenvalue weighted by atomic mass is 9.90. The molecule has 0 saturated carbocycles. The average molecular weight is 382 g/mol. The predicted octanol–water partition coefficient (Wildman–Crippen LogP) is 4.98.